The van der Waals surface area contributed by atoms with Gasteiger partial charge in [0.05, 0.1) is 18.4 Å². The quantitative estimate of drug-likeness (QED) is 0.672. The lowest BCUT2D eigenvalue weighted by Gasteiger charge is -2.08. The molecule has 3 rings (SSSR count). The van der Waals surface area contributed by atoms with Crippen molar-refractivity contribution < 1.29 is 9.53 Å². The number of halogens is 1. The highest BCUT2D eigenvalue weighted by atomic mass is 35.5. The number of methoxy groups -OCH3 is 1. The summed E-state index contributed by atoms with van der Waals surface area (Å²) in [7, 11) is 1.52. The first-order valence-electron chi connectivity index (χ1n) is 7.66. The van der Waals surface area contributed by atoms with Gasteiger partial charge in [-0.2, -0.15) is 0 Å². The van der Waals surface area contributed by atoms with Gasteiger partial charge in [0, 0.05) is 16.0 Å². The Morgan fingerprint density at radius 3 is 2.72 bits per heavy atom. The number of nitrogens with one attached hydrogen (secondary N) is 1. The van der Waals surface area contributed by atoms with E-state index >= 15 is 0 Å². The molecule has 1 N–H and O–H groups in total. The van der Waals surface area contributed by atoms with Gasteiger partial charge >= 0.3 is 0 Å². The highest BCUT2D eigenvalue weighted by molar-refractivity contribution is 7.14. The van der Waals surface area contributed by atoms with E-state index in [1.165, 1.54) is 24.0 Å². The lowest BCUT2D eigenvalue weighted by Crippen LogP contribution is -2.13. The van der Waals surface area contributed by atoms with Gasteiger partial charge in [-0.25, -0.2) is 4.98 Å². The smallest absolute Gasteiger partial charge is 0.261 e. The van der Waals surface area contributed by atoms with Crippen LogP contribution in [0.3, 0.4) is 0 Å². The Bertz CT molecular complexity index is 937. The van der Waals surface area contributed by atoms with Crippen LogP contribution in [-0.4, -0.2) is 18.0 Å². The number of nitrogens with zero attached hydrogens (tertiary/aromatic N) is 1. The largest absolute Gasteiger partial charge is 0.496 e. The molecule has 128 valence electrons. The summed E-state index contributed by atoms with van der Waals surface area (Å²) in [6.45, 7) is 4.11. The monoisotopic (exact) mass is 372 g/mol. The number of ether oxygens (including phenoxy) is 1. The van der Waals surface area contributed by atoms with Gasteiger partial charge in [0.2, 0.25) is 0 Å². The highest BCUT2D eigenvalue weighted by Crippen LogP contribution is 2.29. The van der Waals surface area contributed by atoms with Gasteiger partial charge in [0.25, 0.3) is 5.91 Å². The minimum Gasteiger partial charge on any atom is -0.496 e. The van der Waals surface area contributed by atoms with Crippen LogP contribution >= 0.6 is 22.9 Å². The Morgan fingerprint density at radius 2 is 2.00 bits per heavy atom. The average Bonchev–Trinajstić information content (AvgIpc) is 3.02. The zero-order chi connectivity index (χ0) is 18.0. The van der Waals surface area contributed by atoms with Crippen LogP contribution in [0.2, 0.25) is 5.02 Å². The summed E-state index contributed by atoms with van der Waals surface area (Å²) in [4.78, 5) is 17.0. The predicted molar refractivity (Wildman–Crippen MR) is 103 cm³/mol. The lowest BCUT2D eigenvalue weighted by atomic mass is 10.0. The lowest BCUT2D eigenvalue weighted by molar-refractivity contribution is 0.102. The van der Waals surface area contributed by atoms with Gasteiger partial charge < -0.3 is 4.74 Å². The third-order valence-corrected chi connectivity index (χ3v) is 4.78. The summed E-state index contributed by atoms with van der Waals surface area (Å²) < 4.78 is 5.22. The Morgan fingerprint density at radius 1 is 1.20 bits per heavy atom. The van der Waals surface area contributed by atoms with Crippen LogP contribution in [0.1, 0.15) is 21.5 Å². The number of carbonyl (C=O) groups is 1. The maximum absolute atomic E-state index is 12.5. The van der Waals surface area contributed by atoms with Crippen LogP contribution in [0.25, 0.3) is 11.3 Å². The van der Waals surface area contributed by atoms with E-state index in [1.807, 2.05) is 11.4 Å². The van der Waals surface area contributed by atoms with E-state index in [-0.39, 0.29) is 5.91 Å². The molecule has 0 aliphatic carbocycles. The maximum atomic E-state index is 12.5. The standard InChI is InChI=1S/C19H17ClN2O2S/c1-11-4-6-14(12(2)8-11)16-10-25-19(21-16)22-18(23)15-9-13(20)5-7-17(15)24-3/h4-10H,1-3H3,(H,21,22,23). The molecule has 4 nitrogen and oxygen atoms in total. The minimum atomic E-state index is -0.305. The number of amides is 1. The van der Waals surface area contributed by atoms with Crippen molar-refractivity contribution in [1.29, 1.82) is 0 Å². The molecule has 2 aromatic carbocycles. The third-order valence-electron chi connectivity index (χ3n) is 3.79. The van der Waals surface area contributed by atoms with E-state index in [9.17, 15) is 4.79 Å². The van der Waals surface area contributed by atoms with Crippen LogP contribution in [-0.2, 0) is 0 Å². The number of hydrogen-bond donors (Lipinski definition) is 1. The maximum Gasteiger partial charge on any atom is 0.261 e. The summed E-state index contributed by atoms with van der Waals surface area (Å²) in [5.74, 6) is 0.161. The Kier molecular flexibility index (Phi) is 5.06. The molecule has 6 heteroatoms. The highest BCUT2D eigenvalue weighted by Gasteiger charge is 2.15. The zero-order valence-electron chi connectivity index (χ0n) is 14.1. The Labute approximate surface area is 155 Å². The normalized spacial score (nSPS) is 10.6. The second kappa shape index (κ2) is 7.25. The van der Waals surface area contributed by atoms with Crippen LogP contribution in [0.15, 0.2) is 41.8 Å². The molecule has 3 aromatic rings. The van der Waals surface area contributed by atoms with Crippen molar-refractivity contribution in [2.24, 2.45) is 0 Å². The third kappa shape index (κ3) is 3.83. The molecule has 1 heterocycles. The second-order valence-electron chi connectivity index (χ2n) is 5.66. The zero-order valence-corrected chi connectivity index (χ0v) is 15.7. The van der Waals surface area contributed by atoms with Gasteiger partial charge in [0.15, 0.2) is 5.13 Å². The van der Waals surface area contributed by atoms with Crippen LogP contribution in [0.5, 0.6) is 5.75 Å². The molecule has 0 atom stereocenters. The van der Waals surface area contributed by atoms with E-state index < -0.39 is 0 Å². The summed E-state index contributed by atoms with van der Waals surface area (Å²) in [5, 5.41) is 5.75. The first-order chi connectivity index (χ1) is 12.0. The van der Waals surface area contributed by atoms with Gasteiger partial charge in [-0.05, 0) is 37.6 Å². The summed E-state index contributed by atoms with van der Waals surface area (Å²) in [6.07, 6.45) is 0. The first-order valence-corrected chi connectivity index (χ1v) is 8.91. The number of carbonyl (C=O) groups excluding carboxylic acids is 1. The van der Waals surface area contributed by atoms with Crippen LogP contribution in [0, 0.1) is 13.8 Å². The van der Waals surface area contributed by atoms with E-state index in [0.29, 0.717) is 21.5 Å². The van der Waals surface area contributed by atoms with E-state index in [4.69, 9.17) is 16.3 Å². The summed E-state index contributed by atoms with van der Waals surface area (Å²) >= 11 is 7.37. The van der Waals surface area contributed by atoms with Crippen molar-refractivity contribution in [3.8, 4) is 17.0 Å². The molecule has 0 unspecified atom stereocenters. The van der Waals surface area contributed by atoms with Crippen LogP contribution < -0.4 is 10.1 Å². The van der Waals surface area contributed by atoms with Crippen molar-refractivity contribution in [2.45, 2.75) is 13.8 Å². The fraction of sp³-hybridized carbons (Fsp3) is 0.158. The van der Waals surface area contributed by atoms with Crippen LogP contribution in [0.4, 0.5) is 5.13 Å². The Balaban J connectivity index is 1.84. The van der Waals surface area contributed by atoms with Gasteiger partial charge in [-0.15, -0.1) is 11.3 Å². The van der Waals surface area contributed by atoms with Crippen molar-refractivity contribution in [3.63, 3.8) is 0 Å². The molecule has 0 aliphatic rings. The van der Waals surface area contributed by atoms with Crippen molar-refractivity contribution in [3.05, 3.63) is 63.5 Å². The number of hydrogen-bond acceptors (Lipinski definition) is 4. The van der Waals surface area contributed by atoms with Crippen molar-refractivity contribution in [1.82, 2.24) is 4.98 Å². The number of aromatic nitrogens is 1. The topological polar surface area (TPSA) is 51.2 Å². The van der Waals surface area contributed by atoms with Gasteiger partial charge in [0.1, 0.15) is 5.75 Å². The van der Waals surface area contributed by atoms with Crippen molar-refractivity contribution in [2.75, 3.05) is 12.4 Å². The van der Waals surface area contributed by atoms with E-state index in [2.05, 4.69) is 36.3 Å². The van der Waals surface area contributed by atoms with Gasteiger partial charge in [-0.1, -0.05) is 35.4 Å². The number of benzene rings is 2. The average molecular weight is 373 g/mol. The van der Waals surface area contributed by atoms with E-state index in [0.717, 1.165) is 16.8 Å². The number of anilines is 1. The molecule has 0 saturated carbocycles. The fourth-order valence-electron chi connectivity index (χ4n) is 2.58. The number of aryl methyl sites for hydroxylation is 2. The first kappa shape index (κ1) is 17.5. The molecular formula is C19H17ClN2O2S. The predicted octanol–water partition coefficient (Wildman–Crippen LogP) is 5.34. The molecule has 1 amide bonds. The SMILES string of the molecule is COc1ccc(Cl)cc1C(=O)Nc1nc(-c2ccc(C)cc2C)cs1. The Hall–Kier alpha value is -2.37. The van der Waals surface area contributed by atoms with E-state index in [1.54, 1.807) is 18.2 Å². The fourth-order valence-corrected chi connectivity index (χ4v) is 3.46. The minimum absolute atomic E-state index is 0.305. The second-order valence-corrected chi connectivity index (χ2v) is 6.95. The molecule has 0 fully saturated rings. The molecule has 25 heavy (non-hydrogen) atoms. The molecule has 0 saturated heterocycles. The van der Waals surface area contributed by atoms with Gasteiger partial charge in [-0.3, -0.25) is 10.1 Å². The number of rotatable bonds is 4. The molecule has 1 aromatic heterocycles. The summed E-state index contributed by atoms with van der Waals surface area (Å²) in [6, 6.07) is 11.1. The molecule has 0 radical (unpaired) electrons. The molecular weight excluding hydrogens is 356 g/mol. The molecule has 0 spiro atoms. The molecule has 0 aliphatic heterocycles. The summed E-state index contributed by atoms with van der Waals surface area (Å²) in [5.41, 5.74) is 4.63. The van der Waals surface area contributed by atoms with Crippen molar-refractivity contribution >= 4 is 34.0 Å². The molecule has 0 bridgehead atoms. The number of thiazole rings is 1.